The molecule has 0 aliphatic rings. The lowest BCUT2D eigenvalue weighted by atomic mass is 9.98. The molecule has 3 nitrogen and oxygen atoms in total. The highest BCUT2D eigenvalue weighted by Crippen LogP contribution is 2.41. The Kier molecular flexibility index (Phi) is 7.18. The second-order valence-corrected chi connectivity index (χ2v) is 12.7. The van der Waals surface area contributed by atoms with Crippen molar-refractivity contribution in [3.05, 3.63) is 188 Å². The van der Waals surface area contributed by atoms with Crippen molar-refractivity contribution in [2.75, 3.05) is 0 Å². The maximum absolute atomic E-state index is 7.00. The molecule has 0 bridgehead atoms. The fourth-order valence-corrected chi connectivity index (χ4v) is 7.60. The predicted molar refractivity (Wildman–Crippen MR) is 213 cm³/mol. The molecule has 2 N–H and O–H groups in total. The molecule has 238 valence electrons. The van der Waals surface area contributed by atoms with Gasteiger partial charge in [-0.25, -0.2) is 0 Å². The van der Waals surface area contributed by atoms with Gasteiger partial charge in [-0.1, -0.05) is 133 Å². The number of para-hydroxylation sites is 2. The van der Waals surface area contributed by atoms with Gasteiger partial charge in [0.25, 0.3) is 0 Å². The summed E-state index contributed by atoms with van der Waals surface area (Å²) in [5, 5.41) is 4.83. The quantitative estimate of drug-likeness (QED) is 0.180. The van der Waals surface area contributed by atoms with Crippen LogP contribution in [-0.4, -0.2) is 9.13 Å². The van der Waals surface area contributed by atoms with Gasteiger partial charge in [0.05, 0.1) is 22.1 Å². The fraction of sp³-hybridized carbons (Fsp3) is 0.0213. The van der Waals surface area contributed by atoms with Crippen LogP contribution in [0.25, 0.3) is 82.9 Å². The Morgan fingerprint density at radius 2 is 1.14 bits per heavy atom. The van der Waals surface area contributed by atoms with Crippen LogP contribution in [0.2, 0.25) is 0 Å². The highest BCUT2D eigenvalue weighted by Gasteiger charge is 2.18. The highest BCUT2D eigenvalue weighted by atomic mass is 15.1. The Morgan fingerprint density at radius 1 is 0.500 bits per heavy atom. The summed E-state index contributed by atoms with van der Waals surface area (Å²) in [6, 6.07) is 60.6. The maximum Gasteiger partial charge on any atom is 0.108 e. The number of allylic oxidation sites excluding steroid dienone is 3. The monoisotopic (exact) mass is 641 g/mol. The topological polar surface area (TPSA) is 35.9 Å². The van der Waals surface area contributed by atoms with Gasteiger partial charge in [-0.05, 0) is 88.9 Å². The molecule has 3 heteroatoms. The molecule has 0 atom stereocenters. The van der Waals surface area contributed by atoms with Crippen molar-refractivity contribution >= 4 is 55.0 Å². The fourth-order valence-electron chi connectivity index (χ4n) is 7.60. The van der Waals surface area contributed by atoms with Crippen molar-refractivity contribution in [2.24, 2.45) is 5.73 Å². The van der Waals surface area contributed by atoms with E-state index in [0.29, 0.717) is 5.82 Å². The van der Waals surface area contributed by atoms with E-state index in [2.05, 4.69) is 192 Å². The summed E-state index contributed by atoms with van der Waals surface area (Å²) in [6.45, 7) is 2.06. The van der Waals surface area contributed by atoms with E-state index in [4.69, 9.17) is 5.73 Å². The summed E-state index contributed by atoms with van der Waals surface area (Å²) < 4.78 is 4.59. The van der Waals surface area contributed by atoms with Gasteiger partial charge in [-0.15, -0.1) is 0 Å². The number of rotatable bonds is 6. The van der Waals surface area contributed by atoms with Crippen LogP contribution in [0.15, 0.2) is 182 Å². The lowest BCUT2D eigenvalue weighted by molar-refractivity contribution is 1.18. The normalized spacial score (nSPS) is 12.4. The minimum absolute atomic E-state index is 0.682. The van der Waals surface area contributed by atoms with E-state index in [9.17, 15) is 0 Å². The van der Waals surface area contributed by atoms with Gasteiger partial charge in [0.15, 0.2) is 0 Å². The lowest BCUT2D eigenvalue weighted by Crippen LogP contribution is -2.06. The van der Waals surface area contributed by atoms with Crippen LogP contribution in [0.4, 0.5) is 0 Å². The summed E-state index contributed by atoms with van der Waals surface area (Å²) in [4.78, 5) is 0. The van der Waals surface area contributed by atoms with E-state index in [1.165, 1.54) is 54.8 Å². The first kappa shape index (κ1) is 29.6. The second kappa shape index (κ2) is 12.1. The Balaban J connectivity index is 1.23. The summed E-state index contributed by atoms with van der Waals surface area (Å²) >= 11 is 0. The molecule has 0 spiro atoms. The molecule has 0 unspecified atom stereocenters. The van der Waals surface area contributed by atoms with Crippen LogP contribution in [0.3, 0.4) is 0 Å². The van der Waals surface area contributed by atoms with E-state index in [1.54, 1.807) is 0 Å². The predicted octanol–water partition coefficient (Wildman–Crippen LogP) is 12.1. The summed E-state index contributed by atoms with van der Waals surface area (Å²) in [5.41, 5.74) is 19.7. The van der Waals surface area contributed by atoms with Crippen molar-refractivity contribution in [3.8, 4) is 27.9 Å². The largest absolute Gasteiger partial charge is 0.385 e. The summed E-state index contributed by atoms with van der Waals surface area (Å²) in [5.74, 6) is 0.682. The van der Waals surface area contributed by atoms with Crippen LogP contribution < -0.4 is 5.73 Å². The Hall–Kier alpha value is -6.58. The Morgan fingerprint density at radius 3 is 1.94 bits per heavy atom. The van der Waals surface area contributed by atoms with Crippen molar-refractivity contribution in [2.45, 2.75) is 6.92 Å². The zero-order valence-electron chi connectivity index (χ0n) is 27.8. The minimum Gasteiger partial charge on any atom is -0.385 e. The van der Waals surface area contributed by atoms with Crippen LogP contribution in [0, 0.1) is 0 Å². The lowest BCUT2D eigenvalue weighted by Gasteiger charge is -2.11. The smallest absolute Gasteiger partial charge is 0.108 e. The standard InChI is InChI=1S/C47H35N3/c1-2-32(33-15-5-3-6-16-33)31-46(48)50-43-25-12-10-22-40(43)47-38(23-14-26-45(47)50)36-27-28-44-41(30-36)39-21-9-11-24-42(39)49(44)37-20-13-19-35(29-37)34-17-7-4-8-18-34/h2-31H,48H2,1H3/b32-2+,46-31+. The minimum atomic E-state index is 0.682. The van der Waals surface area contributed by atoms with Crippen LogP contribution in [0.5, 0.6) is 0 Å². The molecule has 0 fully saturated rings. The van der Waals surface area contributed by atoms with E-state index in [1.807, 2.05) is 6.07 Å². The third kappa shape index (κ3) is 4.83. The molecule has 0 saturated carbocycles. The average Bonchev–Trinajstić information content (AvgIpc) is 3.70. The number of nitrogens with two attached hydrogens (primary N) is 1. The van der Waals surface area contributed by atoms with Crippen molar-refractivity contribution < 1.29 is 0 Å². The first-order valence-corrected chi connectivity index (χ1v) is 17.1. The molecule has 9 rings (SSSR count). The molecular weight excluding hydrogens is 607 g/mol. The first-order valence-electron chi connectivity index (χ1n) is 17.1. The molecule has 0 radical (unpaired) electrons. The van der Waals surface area contributed by atoms with Gasteiger partial charge in [-0.2, -0.15) is 0 Å². The van der Waals surface area contributed by atoms with Crippen LogP contribution in [0.1, 0.15) is 12.5 Å². The molecule has 2 aromatic heterocycles. The highest BCUT2D eigenvalue weighted by molar-refractivity contribution is 6.18. The van der Waals surface area contributed by atoms with Gasteiger partial charge < -0.3 is 10.3 Å². The molecule has 0 aliphatic heterocycles. The third-order valence-corrected chi connectivity index (χ3v) is 9.87. The number of nitrogens with zero attached hydrogens (tertiary/aromatic N) is 2. The zero-order valence-corrected chi connectivity index (χ0v) is 27.8. The van der Waals surface area contributed by atoms with Crippen LogP contribution in [-0.2, 0) is 0 Å². The third-order valence-electron chi connectivity index (χ3n) is 9.87. The number of hydrogen-bond acceptors (Lipinski definition) is 1. The van der Waals surface area contributed by atoms with Crippen molar-refractivity contribution in [1.29, 1.82) is 0 Å². The van der Waals surface area contributed by atoms with Gasteiger partial charge in [0.2, 0.25) is 0 Å². The molecule has 0 saturated heterocycles. The molecule has 7 aromatic carbocycles. The number of benzene rings is 7. The molecule has 2 heterocycles. The van der Waals surface area contributed by atoms with E-state index >= 15 is 0 Å². The number of fused-ring (bicyclic) bond motifs is 6. The molecule has 9 aromatic rings. The van der Waals surface area contributed by atoms with E-state index in [-0.39, 0.29) is 0 Å². The Labute approximate surface area is 291 Å². The number of aromatic nitrogens is 2. The second-order valence-electron chi connectivity index (χ2n) is 12.7. The number of hydrogen-bond donors (Lipinski definition) is 1. The molecule has 0 aliphatic carbocycles. The van der Waals surface area contributed by atoms with Gasteiger partial charge in [-0.3, -0.25) is 4.57 Å². The van der Waals surface area contributed by atoms with Crippen LogP contribution >= 0.6 is 0 Å². The maximum atomic E-state index is 7.00. The zero-order chi connectivity index (χ0) is 33.6. The molecule has 0 amide bonds. The van der Waals surface area contributed by atoms with E-state index in [0.717, 1.165) is 27.9 Å². The summed E-state index contributed by atoms with van der Waals surface area (Å²) in [7, 11) is 0. The van der Waals surface area contributed by atoms with Crippen molar-refractivity contribution in [3.63, 3.8) is 0 Å². The van der Waals surface area contributed by atoms with Gasteiger partial charge in [0, 0.05) is 27.2 Å². The average molecular weight is 642 g/mol. The Bertz CT molecular complexity index is 2760. The molecule has 50 heavy (non-hydrogen) atoms. The van der Waals surface area contributed by atoms with Gasteiger partial charge in [0.1, 0.15) is 5.82 Å². The van der Waals surface area contributed by atoms with Crippen molar-refractivity contribution in [1.82, 2.24) is 9.13 Å². The molecular formula is C47H35N3. The van der Waals surface area contributed by atoms with E-state index < -0.39 is 0 Å². The summed E-state index contributed by atoms with van der Waals surface area (Å²) in [6.07, 6.45) is 4.20. The SMILES string of the molecule is C/C=C(\C=C(/N)n1c2ccccc2c2c(-c3ccc4c(c3)c3ccccc3n4-c3cccc(-c4ccccc4)c3)cccc21)c1ccccc1. The first-order chi connectivity index (χ1) is 24.7. The van der Waals surface area contributed by atoms with Gasteiger partial charge >= 0.3 is 0 Å².